The molecule has 1 fully saturated rings. The smallest absolute Gasteiger partial charge is 0.306 e. The molecule has 0 aromatic rings. The third kappa shape index (κ3) is 2.71. The summed E-state index contributed by atoms with van der Waals surface area (Å²) in [5.74, 6) is -0.264. The molecule has 0 amide bonds. The first kappa shape index (κ1) is 11.5. The minimum Gasteiger partial charge on any atom is -0.481 e. The lowest BCUT2D eigenvalue weighted by molar-refractivity contribution is -0.143. The monoisotopic (exact) mass is 200 g/mol. The van der Waals surface area contributed by atoms with Crippen LogP contribution in [0.25, 0.3) is 0 Å². The molecule has 0 radical (unpaired) electrons. The molecule has 0 spiro atoms. The Labute approximate surface area is 85.1 Å². The molecule has 0 heterocycles. The molecule has 1 atom stereocenters. The van der Waals surface area contributed by atoms with Crippen LogP contribution in [-0.4, -0.2) is 22.3 Å². The summed E-state index contributed by atoms with van der Waals surface area (Å²) < 4.78 is 0. The van der Waals surface area contributed by atoms with Crippen molar-refractivity contribution >= 4 is 5.97 Å². The fourth-order valence-electron chi connectivity index (χ4n) is 2.25. The predicted molar refractivity (Wildman–Crippen MR) is 53.9 cm³/mol. The maximum absolute atomic E-state index is 10.7. The lowest BCUT2D eigenvalue weighted by Crippen LogP contribution is -2.31. The first-order chi connectivity index (χ1) is 6.52. The number of carboxylic acid groups (broad SMARTS) is 1. The van der Waals surface area contributed by atoms with E-state index in [2.05, 4.69) is 0 Å². The Morgan fingerprint density at radius 2 is 1.71 bits per heavy atom. The minimum atomic E-state index is -0.678. The molecule has 1 rings (SSSR count). The zero-order valence-corrected chi connectivity index (χ0v) is 8.94. The highest BCUT2D eigenvalue weighted by atomic mass is 16.4. The zero-order valence-electron chi connectivity index (χ0n) is 8.94. The molecular formula is C11H20O3. The lowest BCUT2D eigenvalue weighted by Gasteiger charge is -2.31. The topological polar surface area (TPSA) is 57.5 Å². The van der Waals surface area contributed by atoms with Gasteiger partial charge >= 0.3 is 5.97 Å². The quantitative estimate of drug-likeness (QED) is 0.731. The van der Waals surface area contributed by atoms with Gasteiger partial charge in [-0.2, -0.15) is 0 Å². The Bertz CT molecular complexity index is 193. The van der Waals surface area contributed by atoms with Crippen LogP contribution >= 0.6 is 0 Å². The highest BCUT2D eigenvalue weighted by Gasteiger charge is 2.30. The number of hydrogen-bond donors (Lipinski definition) is 2. The Morgan fingerprint density at radius 3 is 2.07 bits per heavy atom. The van der Waals surface area contributed by atoms with Gasteiger partial charge in [-0.15, -0.1) is 0 Å². The largest absolute Gasteiger partial charge is 0.481 e. The molecule has 1 saturated carbocycles. The van der Waals surface area contributed by atoms with Gasteiger partial charge in [0.05, 0.1) is 12.0 Å². The molecule has 0 aromatic carbocycles. The molecule has 0 bridgehead atoms. The molecule has 2 N–H and O–H groups in total. The first-order valence-corrected chi connectivity index (χ1v) is 5.43. The van der Waals surface area contributed by atoms with Crippen molar-refractivity contribution in [2.45, 2.75) is 45.6 Å². The normalized spacial score (nSPS) is 30.3. The summed E-state index contributed by atoms with van der Waals surface area (Å²) in [6.45, 7) is 4.02. The van der Waals surface area contributed by atoms with E-state index in [0.29, 0.717) is 5.92 Å². The average molecular weight is 200 g/mol. The summed E-state index contributed by atoms with van der Waals surface area (Å²) in [4.78, 5) is 10.7. The Morgan fingerprint density at radius 1 is 1.21 bits per heavy atom. The van der Waals surface area contributed by atoms with E-state index in [4.69, 9.17) is 5.11 Å². The van der Waals surface area contributed by atoms with Crippen molar-refractivity contribution in [3.8, 4) is 0 Å². The molecule has 0 aliphatic heterocycles. The summed E-state index contributed by atoms with van der Waals surface area (Å²) in [6, 6.07) is 0. The summed E-state index contributed by atoms with van der Waals surface area (Å²) in [5.41, 5.74) is 0. The van der Waals surface area contributed by atoms with Crippen LogP contribution in [0.3, 0.4) is 0 Å². The van der Waals surface area contributed by atoms with Crippen molar-refractivity contribution < 1.29 is 15.0 Å². The average Bonchev–Trinajstić information content (AvgIpc) is 2.16. The van der Waals surface area contributed by atoms with Gasteiger partial charge in [-0.3, -0.25) is 4.79 Å². The van der Waals surface area contributed by atoms with Gasteiger partial charge in [-0.05, 0) is 37.5 Å². The van der Waals surface area contributed by atoms with Crippen molar-refractivity contribution in [1.29, 1.82) is 0 Å². The summed E-state index contributed by atoms with van der Waals surface area (Å²) in [7, 11) is 0. The van der Waals surface area contributed by atoms with Gasteiger partial charge in [-0.1, -0.05) is 13.8 Å². The maximum atomic E-state index is 10.7. The predicted octanol–water partition coefficient (Wildman–Crippen LogP) is 1.89. The SMILES string of the molecule is CC(C)C(O)[C@H]1CC[C@H](C(=O)O)CC1. The fraction of sp³-hybridized carbons (Fsp3) is 0.909. The number of aliphatic hydroxyl groups is 1. The molecule has 1 aliphatic carbocycles. The molecule has 1 unspecified atom stereocenters. The molecule has 82 valence electrons. The van der Waals surface area contributed by atoms with E-state index in [0.717, 1.165) is 25.7 Å². The molecule has 14 heavy (non-hydrogen) atoms. The van der Waals surface area contributed by atoms with Crippen LogP contribution < -0.4 is 0 Å². The highest BCUT2D eigenvalue weighted by molar-refractivity contribution is 5.69. The van der Waals surface area contributed by atoms with E-state index in [-0.39, 0.29) is 17.9 Å². The molecule has 0 aromatic heterocycles. The number of carbonyl (C=O) groups is 1. The van der Waals surface area contributed by atoms with Gasteiger partial charge < -0.3 is 10.2 Å². The van der Waals surface area contributed by atoms with Gasteiger partial charge in [0.2, 0.25) is 0 Å². The van der Waals surface area contributed by atoms with Gasteiger partial charge in [0.15, 0.2) is 0 Å². The molecule has 0 saturated heterocycles. The van der Waals surface area contributed by atoms with Crippen LogP contribution in [0.4, 0.5) is 0 Å². The van der Waals surface area contributed by atoms with Gasteiger partial charge in [-0.25, -0.2) is 0 Å². The lowest BCUT2D eigenvalue weighted by atomic mass is 9.77. The van der Waals surface area contributed by atoms with E-state index in [1.54, 1.807) is 0 Å². The zero-order chi connectivity index (χ0) is 10.7. The van der Waals surface area contributed by atoms with Crippen molar-refractivity contribution in [2.75, 3.05) is 0 Å². The number of aliphatic hydroxyl groups excluding tert-OH is 1. The first-order valence-electron chi connectivity index (χ1n) is 5.43. The van der Waals surface area contributed by atoms with Crippen LogP contribution in [0.1, 0.15) is 39.5 Å². The number of rotatable bonds is 3. The number of aliphatic carboxylic acids is 1. The van der Waals surface area contributed by atoms with Crippen LogP contribution in [0.2, 0.25) is 0 Å². The second-order valence-corrected chi connectivity index (χ2v) is 4.68. The van der Waals surface area contributed by atoms with Crippen molar-refractivity contribution in [2.24, 2.45) is 17.8 Å². The van der Waals surface area contributed by atoms with Gasteiger partial charge in [0.25, 0.3) is 0 Å². The highest BCUT2D eigenvalue weighted by Crippen LogP contribution is 2.32. The van der Waals surface area contributed by atoms with E-state index in [9.17, 15) is 9.90 Å². The Balaban J connectivity index is 2.39. The fourth-order valence-corrected chi connectivity index (χ4v) is 2.25. The third-order valence-corrected chi connectivity index (χ3v) is 3.29. The summed E-state index contributed by atoms with van der Waals surface area (Å²) >= 11 is 0. The second-order valence-electron chi connectivity index (χ2n) is 4.68. The van der Waals surface area contributed by atoms with E-state index in [1.807, 2.05) is 13.8 Å². The van der Waals surface area contributed by atoms with E-state index >= 15 is 0 Å². The number of carboxylic acids is 1. The standard InChI is InChI=1S/C11H20O3/c1-7(2)10(12)8-3-5-9(6-4-8)11(13)14/h7-10,12H,3-6H2,1-2H3,(H,13,14)/t8-,9-,10?. The Kier molecular flexibility index (Phi) is 3.93. The third-order valence-electron chi connectivity index (χ3n) is 3.29. The molecule has 3 heteroatoms. The van der Waals surface area contributed by atoms with Gasteiger partial charge in [0.1, 0.15) is 0 Å². The summed E-state index contributed by atoms with van der Waals surface area (Å²) in [5, 5.41) is 18.6. The van der Waals surface area contributed by atoms with Crippen LogP contribution in [-0.2, 0) is 4.79 Å². The maximum Gasteiger partial charge on any atom is 0.306 e. The van der Waals surface area contributed by atoms with E-state index in [1.165, 1.54) is 0 Å². The molecule has 3 nitrogen and oxygen atoms in total. The van der Waals surface area contributed by atoms with Crippen molar-refractivity contribution in [3.63, 3.8) is 0 Å². The molecular weight excluding hydrogens is 180 g/mol. The van der Waals surface area contributed by atoms with Crippen molar-refractivity contribution in [3.05, 3.63) is 0 Å². The van der Waals surface area contributed by atoms with Crippen LogP contribution in [0.5, 0.6) is 0 Å². The minimum absolute atomic E-state index is 0.175. The van der Waals surface area contributed by atoms with Gasteiger partial charge in [0, 0.05) is 0 Å². The van der Waals surface area contributed by atoms with Crippen LogP contribution in [0.15, 0.2) is 0 Å². The Hall–Kier alpha value is -0.570. The van der Waals surface area contributed by atoms with E-state index < -0.39 is 5.97 Å². The second kappa shape index (κ2) is 4.78. The van der Waals surface area contributed by atoms with Crippen molar-refractivity contribution in [1.82, 2.24) is 0 Å². The molecule has 1 aliphatic rings. The van der Waals surface area contributed by atoms with Crippen LogP contribution in [0, 0.1) is 17.8 Å². The number of hydrogen-bond acceptors (Lipinski definition) is 2. The summed E-state index contributed by atoms with van der Waals surface area (Å²) in [6.07, 6.45) is 2.91.